The van der Waals surface area contributed by atoms with Gasteiger partial charge in [-0.2, -0.15) is 0 Å². The van der Waals surface area contributed by atoms with Crippen molar-refractivity contribution in [2.45, 2.75) is 51.6 Å². The highest BCUT2D eigenvalue weighted by Gasteiger charge is 2.52. The van der Waals surface area contributed by atoms with E-state index in [1.54, 1.807) is 13.8 Å². The molecule has 2 saturated heterocycles. The molecular formula is C27H32O6. The molecule has 176 valence electrons. The van der Waals surface area contributed by atoms with E-state index in [0.29, 0.717) is 13.0 Å². The zero-order chi connectivity index (χ0) is 23.3. The van der Waals surface area contributed by atoms with Crippen molar-refractivity contribution in [3.8, 4) is 11.5 Å². The molecule has 2 bridgehead atoms. The smallest absolute Gasteiger partial charge is 0.320 e. The Labute approximate surface area is 195 Å². The van der Waals surface area contributed by atoms with E-state index in [1.165, 1.54) is 0 Å². The fourth-order valence-electron chi connectivity index (χ4n) is 5.05. The van der Waals surface area contributed by atoms with Crippen molar-refractivity contribution < 1.29 is 28.5 Å². The fraction of sp³-hybridized carbons (Fsp3) is 0.481. The van der Waals surface area contributed by atoms with Crippen LogP contribution in [0.25, 0.3) is 0 Å². The predicted molar refractivity (Wildman–Crippen MR) is 123 cm³/mol. The van der Waals surface area contributed by atoms with Crippen molar-refractivity contribution in [1.82, 2.24) is 0 Å². The Balaban J connectivity index is 1.47. The van der Waals surface area contributed by atoms with Crippen molar-refractivity contribution in [3.05, 3.63) is 60.2 Å². The molecule has 0 amide bonds. The van der Waals surface area contributed by atoms with Crippen LogP contribution in [0.2, 0.25) is 0 Å². The normalized spacial score (nSPS) is 23.8. The first-order valence-electron chi connectivity index (χ1n) is 11.8. The van der Waals surface area contributed by atoms with Crippen molar-refractivity contribution in [1.29, 1.82) is 0 Å². The number of carbonyl (C=O) groups excluding carboxylic acids is 2. The van der Waals surface area contributed by atoms with Crippen molar-refractivity contribution >= 4 is 11.9 Å². The zero-order valence-corrected chi connectivity index (χ0v) is 19.4. The van der Waals surface area contributed by atoms with Gasteiger partial charge < -0.3 is 18.9 Å². The van der Waals surface area contributed by atoms with Crippen LogP contribution in [-0.4, -0.2) is 31.8 Å². The Bertz CT molecular complexity index is 927. The van der Waals surface area contributed by atoms with Crippen LogP contribution >= 0.6 is 0 Å². The van der Waals surface area contributed by atoms with Crippen LogP contribution in [0.15, 0.2) is 54.6 Å². The van der Waals surface area contributed by atoms with Gasteiger partial charge in [0.1, 0.15) is 11.5 Å². The lowest BCUT2D eigenvalue weighted by atomic mass is 9.61. The van der Waals surface area contributed by atoms with Crippen LogP contribution in [0.5, 0.6) is 11.5 Å². The zero-order valence-electron chi connectivity index (χ0n) is 19.4. The Morgan fingerprint density at radius 3 is 2.09 bits per heavy atom. The molecule has 6 nitrogen and oxygen atoms in total. The first kappa shape index (κ1) is 23.3. The second-order valence-corrected chi connectivity index (χ2v) is 8.99. The Kier molecular flexibility index (Phi) is 7.03. The van der Waals surface area contributed by atoms with E-state index < -0.39 is 17.9 Å². The summed E-state index contributed by atoms with van der Waals surface area (Å²) in [5, 5.41) is 0. The lowest BCUT2D eigenvalue weighted by Gasteiger charge is -2.54. The summed E-state index contributed by atoms with van der Waals surface area (Å²) in [5.41, 5.74) is 0.530. The molecule has 33 heavy (non-hydrogen) atoms. The summed E-state index contributed by atoms with van der Waals surface area (Å²) in [4.78, 5) is 25.0. The Morgan fingerprint density at radius 1 is 0.879 bits per heavy atom. The molecular weight excluding hydrogens is 420 g/mol. The van der Waals surface area contributed by atoms with Gasteiger partial charge in [-0.25, -0.2) is 0 Å². The second-order valence-electron chi connectivity index (χ2n) is 8.99. The predicted octanol–water partition coefficient (Wildman–Crippen LogP) is 5.40. The van der Waals surface area contributed by atoms with Crippen LogP contribution < -0.4 is 4.74 Å². The molecule has 0 unspecified atom stereocenters. The summed E-state index contributed by atoms with van der Waals surface area (Å²) < 4.78 is 22.8. The van der Waals surface area contributed by atoms with Gasteiger partial charge >= 0.3 is 11.9 Å². The van der Waals surface area contributed by atoms with E-state index in [2.05, 4.69) is 12.1 Å². The lowest BCUT2D eigenvalue weighted by Crippen LogP contribution is -2.51. The molecule has 2 aliphatic heterocycles. The molecule has 3 fully saturated rings. The SMILES string of the molecule is CCOC(=O)C(CC12CCC(c3cccc(Oc4ccccc4)c3)(CC1)OC2)C(=O)OCC. The van der Waals surface area contributed by atoms with Crippen LogP contribution in [0.1, 0.15) is 51.5 Å². The molecule has 2 aromatic carbocycles. The van der Waals surface area contributed by atoms with E-state index in [1.807, 2.05) is 42.5 Å². The van der Waals surface area contributed by atoms with Gasteiger partial charge in [-0.1, -0.05) is 30.3 Å². The lowest BCUT2D eigenvalue weighted by molar-refractivity contribution is -0.199. The van der Waals surface area contributed by atoms with Crippen LogP contribution in [-0.2, 0) is 29.4 Å². The van der Waals surface area contributed by atoms with Gasteiger partial charge in [0.05, 0.1) is 25.4 Å². The fourth-order valence-corrected chi connectivity index (χ4v) is 5.05. The third-order valence-corrected chi connectivity index (χ3v) is 6.89. The summed E-state index contributed by atoms with van der Waals surface area (Å²) in [6, 6.07) is 17.8. The summed E-state index contributed by atoms with van der Waals surface area (Å²) in [5.74, 6) is -0.328. The van der Waals surface area contributed by atoms with Crippen molar-refractivity contribution in [2.75, 3.05) is 19.8 Å². The van der Waals surface area contributed by atoms with Gasteiger partial charge in [0.25, 0.3) is 0 Å². The van der Waals surface area contributed by atoms with Gasteiger partial charge in [0.2, 0.25) is 0 Å². The number of esters is 2. The quantitative estimate of drug-likeness (QED) is 0.375. The molecule has 0 atom stereocenters. The number of hydrogen-bond acceptors (Lipinski definition) is 6. The minimum absolute atomic E-state index is 0.218. The maximum Gasteiger partial charge on any atom is 0.320 e. The highest BCUT2D eigenvalue weighted by atomic mass is 16.6. The molecule has 1 aliphatic carbocycles. The summed E-state index contributed by atoms with van der Waals surface area (Å²) in [7, 11) is 0. The van der Waals surface area contributed by atoms with Gasteiger partial charge in [-0.3, -0.25) is 9.59 Å². The van der Waals surface area contributed by atoms with Gasteiger partial charge in [0.15, 0.2) is 5.92 Å². The Morgan fingerprint density at radius 2 is 1.52 bits per heavy atom. The maximum absolute atomic E-state index is 12.5. The third-order valence-electron chi connectivity index (χ3n) is 6.89. The molecule has 6 heteroatoms. The van der Waals surface area contributed by atoms with E-state index in [4.69, 9.17) is 18.9 Å². The van der Waals surface area contributed by atoms with E-state index in [-0.39, 0.29) is 24.2 Å². The molecule has 5 rings (SSSR count). The van der Waals surface area contributed by atoms with Gasteiger partial charge in [-0.15, -0.1) is 0 Å². The number of para-hydroxylation sites is 1. The van der Waals surface area contributed by atoms with E-state index in [0.717, 1.165) is 42.7 Å². The van der Waals surface area contributed by atoms with E-state index in [9.17, 15) is 9.59 Å². The molecule has 2 aromatic rings. The third kappa shape index (κ3) is 5.06. The van der Waals surface area contributed by atoms with Gasteiger partial charge in [-0.05, 0) is 81.2 Å². The van der Waals surface area contributed by atoms with Gasteiger partial charge in [0, 0.05) is 0 Å². The first-order chi connectivity index (χ1) is 16.0. The number of carbonyl (C=O) groups is 2. The standard InChI is InChI=1S/C27H32O6/c1-3-30-24(28)23(25(29)31-4-2)18-26-13-15-27(16-14-26,32-19-26)20-9-8-12-22(17-20)33-21-10-6-5-7-11-21/h5-12,17,23H,3-4,13-16,18-19H2,1-2H3. The summed E-state index contributed by atoms with van der Waals surface area (Å²) in [6.07, 6.45) is 3.83. The highest BCUT2D eigenvalue weighted by Crippen LogP contribution is 2.56. The largest absolute Gasteiger partial charge is 0.465 e. The number of hydrogen-bond donors (Lipinski definition) is 0. The number of ether oxygens (including phenoxy) is 4. The van der Waals surface area contributed by atoms with Crippen molar-refractivity contribution in [3.63, 3.8) is 0 Å². The molecule has 0 aromatic heterocycles. The Hall–Kier alpha value is -2.86. The molecule has 0 radical (unpaired) electrons. The average molecular weight is 453 g/mol. The minimum atomic E-state index is -0.901. The second kappa shape index (κ2) is 9.96. The number of rotatable bonds is 9. The van der Waals surface area contributed by atoms with Crippen LogP contribution in [0.4, 0.5) is 0 Å². The summed E-state index contributed by atoms with van der Waals surface area (Å²) >= 11 is 0. The molecule has 1 saturated carbocycles. The first-order valence-corrected chi connectivity index (χ1v) is 11.8. The number of fused-ring (bicyclic) bond motifs is 3. The molecule has 0 spiro atoms. The minimum Gasteiger partial charge on any atom is -0.465 e. The van der Waals surface area contributed by atoms with Crippen molar-refractivity contribution in [2.24, 2.45) is 11.3 Å². The highest BCUT2D eigenvalue weighted by molar-refractivity contribution is 5.95. The molecule has 0 N–H and O–H groups in total. The van der Waals surface area contributed by atoms with E-state index >= 15 is 0 Å². The monoisotopic (exact) mass is 452 g/mol. The average Bonchev–Trinajstić information content (AvgIpc) is 2.85. The van der Waals surface area contributed by atoms with Crippen LogP contribution in [0, 0.1) is 11.3 Å². The summed E-state index contributed by atoms with van der Waals surface area (Å²) in [6.45, 7) is 4.47. The molecule has 2 heterocycles. The number of benzene rings is 2. The topological polar surface area (TPSA) is 71.1 Å². The maximum atomic E-state index is 12.5. The molecule has 3 aliphatic rings. The van der Waals surface area contributed by atoms with Crippen LogP contribution in [0.3, 0.4) is 0 Å².